The zero-order valence-electron chi connectivity index (χ0n) is 24.2. The number of para-hydroxylation sites is 1. The molecule has 37 heavy (non-hydrogen) atoms. The third-order valence-electron chi connectivity index (χ3n) is 5.86. The van der Waals surface area contributed by atoms with Gasteiger partial charge in [0.25, 0.3) is 5.91 Å². The summed E-state index contributed by atoms with van der Waals surface area (Å²) < 4.78 is 5.35. The molecule has 0 aliphatic rings. The number of nitrogens with zero attached hydrogens (tertiary/aromatic N) is 1. The number of aryl methyl sites for hydroxylation is 4. The van der Waals surface area contributed by atoms with Gasteiger partial charge in [0.2, 0.25) is 5.91 Å². The quantitative estimate of drug-likeness (QED) is 0.490. The van der Waals surface area contributed by atoms with Crippen molar-refractivity contribution in [1.82, 2.24) is 10.2 Å². The Morgan fingerprint density at radius 3 is 1.84 bits per heavy atom. The molecule has 0 saturated carbocycles. The number of alkyl carbamates (subject to hydrolysis) is 1. The molecule has 2 rings (SSSR count). The number of carbonyl (C=O) groups excluding carboxylic acids is 3. The Bertz CT molecular complexity index is 1120. The van der Waals surface area contributed by atoms with E-state index in [2.05, 4.69) is 10.6 Å². The van der Waals surface area contributed by atoms with Crippen LogP contribution in [0.5, 0.6) is 0 Å². The van der Waals surface area contributed by atoms with Crippen LogP contribution in [0, 0.1) is 27.7 Å². The molecular formula is C30H43N3O4. The lowest BCUT2D eigenvalue weighted by atomic mass is 9.93. The van der Waals surface area contributed by atoms with Gasteiger partial charge >= 0.3 is 6.09 Å². The van der Waals surface area contributed by atoms with Gasteiger partial charge in [0.1, 0.15) is 17.7 Å². The van der Waals surface area contributed by atoms with Crippen LogP contribution >= 0.6 is 0 Å². The summed E-state index contributed by atoms with van der Waals surface area (Å²) in [5.74, 6) is -0.714. The van der Waals surface area contributed by atoms with E-state index in [1.807, 2.05) is 84.9 Å². The van der Waals surface area contributed by atoms with Crippen molar-refractivity contribution in [2.24, 2.45) is 0 Å². The van der Waals surface area contributed by atoms with Crippen molar-refractivity contribution in [2.75, 3.05) is 5.32 Å². The zero-order valence-corrected chi connectivity index (χ0v) is 24.2. The Morgan fingerprint density at radius 2 is 1.38 bits per heavy atom. The molecule has 0 aliphatic heterocycles. The number of ether oxygens (including phenoxy) is 1. The summed E-state index contributed by atoms with van der Waals surface area (Å²) in [4.78, 5) is 42.0. The molecule has 3 amide bonds. The van der Waals surface area contributed by atoms with Gasteiger partial charge in [0.15, 0.2) is 0 Å². The fraction of sp³-hybridized carbons (Fsp3) is 0.500. The van der Waals surface area contributed by atoms with Crippen LogP contribution in [0.25, 0.3) is 0 Å². The van der Waals surface area contributed by atoms with E-state index in [1.165, 1.54) is 0 Å². The molecule has 2 N–H and O–H groups in total. The molecule has 2 aromatic rings. The fourth-order valence-electron chi connectivity index (χ4n) is 4.39. The largest absolute Gasteiger partial charge is 0.444 e. The molecule has 0 radical (unpaired) electrons. The highest BCUT2D eigenvalue weighted by atomic mass is 16.6. The lowest BCUT2D eigenvalue weighted by molar-refractivity contribution is -0.146. The van der Waals surface area contributed by atoms with Crippen LogP contribution < -0.4 is 10.6 Å². The molecule has 0 aliphatic carbocycles. The average molecular weight is 510 g/mol. The van der Waals surface area contributed by atoms with Gasteiger partial charge in [-0.15, -0.1) is 0 Å². The maximum Gasteiger partial charge on any atom is 0.408 e. The van der Waals surface area contributed by atoms with E-state index in [0.717, 1.165) is 27.9 Å². The molecular weight excluding hydrogens is 466 g/mol. The smallest absolute Gasteiger partial charge is 0.408 e. The predicted molar refractivity (Wildman–Crippen MR) is 149 cm³/mol. The Morgan fingerprint density at radius 1 is 0.865 bits per heavy atom. The highest BCUT2D eigenvalue weighted by Gasteiger charge is 2.41. The van der Waals surface area contributed by atoms with E-state index in [-0.39, 0.29) is 11.8 Å². The lowest BCUT2D eigenvalue weighted by Gasteiger charge is -2.42. The first kappa shape index (κ1) is 29.9. The van der Waals surface area contributed by atoms with Crippen molar-refractivity contribution in [1.29, 1.82) is 0 Å². The first-order chi connectivity index (χ1) is 16.9. The Balaban J connectivity index is 2.58. The minimum Gasteiger partial charge on any atom is -0.444 e. The third-order valence-corrected chi connectivity index (χ3v) is 5.86. The fourth-order valence-corrected chi connectivity index (χ4v) is 4.39. The molecule has 2 aromatic carbocycles. The number of anilines is 1. The van der Waals surface area contributed by atoms with Gasteiger partial charge < -0.3 is 20.3 Å². The van der Waals surface area contributed by atoms with Crippen molar-refractivity contribution in [3.63, 3.8) is 0 Å². The molecule has 0 fully saturated rings. The van der Waals surface area contributed by atoms with Crippen LogP contribution in [-0.2, 0) is 14.3 Å². The number of rotatable bonds is 6. The molecule has 2 unspecified atom stereocenters. The highest BCUT2D eigenvalue weighted by molar-refractivity contribution is 6.00. The number of hydrogen-bond acceptors (Lipinski definition) is 4. The summed E-state index contributed by atoms with van der Waals surface area (Å²) in [7, 11) is 0. The second kappa shape index (κ2) is 11.4. The molecule has 0 spiro atoms. The summed E-state index contributed by atoms with van der Waals surface area (Å²) in [6.45, 7) is 20.3. The number of carbonyl (C=O) groups is 3. The molecule has 2 atom stereocenters. The van der Waals surface area contributed by atoms with Gasteiger partial charge in [0.05, 0.1) is 0 Å². The minimum absolute atomic E-state index is 0.324. The summed E-state index contributed by atoms with van der Waals surface area (Å²) in [5, 5.41) is 5.73. The van der Waals surface area contributed by atoms with E-state index >= 15 is 0 Å². The van der Waals surface area contributed by atoms with Gasteiger partial charge in [-0.3, -0.25) is 9.59 Å². The predicted octanol–water partition coefficient (Wildman–Crippen LogP) is 6.14. The van der Waals surface area contributed by atoms with Crippen LogP contribution in [0.3, 0.4) is 0 Å². The normalized spacial score (nSPS) is 13.4. The van der Waals surface area contributed by atoms with Gasteiger partial charge in [-0.2, -0.15) is 0 Å². The van der Waals surface area contributed by atoms with Gasteiger partial charge in [-0.1, -0.05) is 47.5 Å². The van der Waals surface area contributed by atoms with Crippen molar-refractivity contribution >= 4 is 23.6 Å². The molecule has 0 bridgehead atoms. The Kier molecular flexibility index (Phi) is 9.18. The highest BCUT2D eigenvalue weighted by Crippen LogP contribution is 2.33. The maximum atomic E-state index is 14.0. The summed E-state index contributed by atoms with van der Waals surface area (Å²) in [5.41, 5.74) is 3.81. The van der Waals surface area contributed by atoms with Gasteiger partial charge in [-0.25, -0.2) is 4.79 Å². The monoisotopic (exact) mass is 509 g/mol. The summed E-state index contributed by atoms with van der Waals surface area (Å²) >= 11 is 0. The van der Waals surface area contributed by atoms with E-state index in [9.17, 15) is 14.4 Å². The molecule has 0 heterocycles. The summed E-state index contributed by atoms with van der Waals surface area (Å²) in [6.07, 6.45) is -0.690. The van der Waals surface area contributed by atoms with Gasteiger partial charge in [-0.05, 0) is 92.9 Å². The number of nitrogens with one attached hydrogen (secondary N) is 2. The van der Waals surface area contributed by atoms with E-state index in [4.69, 9.17) is 4.74 Å². The topological polar surface area (TPSA) is 87.7 Å². The lowest BCUT2D eigenvalue weighted by Crippen LogP contribution is -2.57. The standard InChI is InChI=1S/C30H43N3O4/c1-18-15-19(2)17-23(16-18)25(26(34)32-24-20(3)13-12-14-21(24)4)33(29(6,7)8)27(35)22(5)31-28(36)37-30(9,10)11/h12-17,22,25H,1-11H3,(H,31,36)(H,32,34). The van der Waals surface area contributed by atoms with E-state index in [1.54, 1.807) is 32.6 Å². The SMILES string of the molecule is Cc1cc(C)cc(C(C(=O)Nc2c(C)cccc2C)N(C(=O)C(C)NC(=O)OC(C)(C)C)C(C)(C)C)c1. The minimum atomic E-state index is -0.937. The average Bonchev–Trinajstić information content (AvgIpc) is 2.70. The Labute approximate surface area is 222 Å². The van der Waals surface area contributed by atoms with Crippen molar-refractivity contribution in [3.05, 3.63) is 64.2 Å². The van der Waals surface area contributed by atoms with Crippen molar-refractivity contribution in [2.45, 2.75) is 99.4 Å². The zero-order chi connectivity index (χ0) is 28.3. The van der Waals surface area contributed by atoms with Crippen LogP contribution in [0.4, 0.5) is 10.5 Å². The van der Waals surface area contributed by atoms with Crippen LogP contribution in [-0.4, -0.2) is 40.0 Å². The van der Waals surface area contributed by atoms with E-state index < -0.39 is 29.3 Å². The molecule has 7 heteroatoms. The van der Waals surface area contributed by atoms with Crippen LogP contribution in [0.15, 0.2) is 36.4 Å². The van der Waals surface area contributed by atoms with Crippen LogP contribution in [0.2, 0.25) is 0 Å². The van der Waals surface area contributed by atoms with Gasteiger partial charge in [0, 0.05) is 11.2 Å². The molecule has 0 saturated heterocycles. The Hall–Kier alpha value is -3.35. The number of hydrogen-bond donors (Lipinski definition) is 2. The van der Waals surface area contributed by atoms with Crippen molar-refractivity contribution < 1.29 is 19.1 Å². The first-order valence-electron chi connectivity index (χ1n) is 12.7. The number of benzene rings is 2. The van der Waals surface area contributed by atoms with Crippen molar-refractivity contribution in [3.8, 4) is 0 Å². The first-order valence-corrected chi connectivity index (χ1v) is 12.7. The van der Waals surface area contributed by atoms with Crippen LogP contribution in [0.1, 0.15) is 82.3 Å². The van der Waals surface area contributed by atoms with E-state index in [0.29, 0.717) is 5.56 Å². The molecule has 7 nitrogen and oxygen atoms in total. The third kappa shape index (κ3) is 8.07. The second-order valence-electron chi connectivity index (χ2n) is 11.8. The molecule has 202 valence electrons. The summed E-state index contributed by atoms with van der Waals surface area (Å²) in [6, 6.07) is 9.85. The number of amides is 3. The maximum absolute atomic E-state index is 14.0. The second-order valence-corrected chi connectivity index (χ2v) is 11.8. The molecule has 0 aromatic heterocycles.